The quantitative estimate of drug-likeness (QED) is 0.786. The molecule has 0 spiro atoms. The number of hydrogen-bond donors (Lipinski definition) is 0. The normalized spacial score (nSPS) is 16.5. The van der Waals surface area contributed by atoms with Crippen molar-refractivity contribution in [3.63, 3.8) is 0 Å². The van der Waals surface area contributed by atoms with Gasteiger partial charge in [0.25, 0.3) is 0 Å². The van der Waals surface area contributed by atoms with Crippen molar-refractivity contribution in [3.8, 4) is 0 Å². The maximum Gasteiger partial charge on any atom is 0.222 e. The SMILES string of the molecule is CCCC(=O)N1CCC(c2cccc(CC(C)C)c2)CC1. The lowest BCUT2D eigenvalue weighted by Crippen LogP contribution is -2.37. The first-order valence-electron chi connectivity index (χ1n) is 8.46. The highest BCUT2D eigenvalue weighted by Crippen LogP contribution is 2.29. The summed E-state index contributed by atoms with van der Waals surface area (Å²) in [6, 6.07) is 9.08. The monoisotopic (exact) mass is 287 g/mol. The molecule has 0 aromatic heterocycles. The van der Waals surface area contributed by atoms with Gasteiger partial charge in [-0.1, -0.05) is 45.0 Å². The van der Waals surface area contributed by atoms with Crippen molar-refractivity contribution in [2.24, 2.45) is 5.92 Å². The molecule has 2 nitrogen and oxygen atoms in total. The van der Waals surface area contributed by atoms with E-state index in [1.165, 1.54) is 11.1 Å². The maximum absolute atomic E-state index is 11.9. The lowest BCUT2D eigenvalue weighted by Gasteiger charge is -2.32. The van der Waals surface area contributed by atoms with E-state index in [0.717, 1.165) is 38.8 Å². The van der Waals surface area contributed by atoms with Crippen LogP contribution in [0, 0.1) is 5.92 Å². The van der Waals surface area contributed by atoms with Crippen LogP contribution < -0.4 is 0 Å². The van der Waals surface area contributed by atoms with Crippen LogP contribution in [-0.4, -0.2) is 23.9 Å². The van der Waals surface area contributed by atoms with Crippen LogP contribution >= 0.6 is 0 Å². The molecule has 21 heavy (non-hydrogen) atoms. The third-order valence-electron chi connectivity index (χ3n) is 4.38. The van der Waals surface area contributed by atoms with Crippen LogP contribution in [0.4, 0.5) is 0 Å². The molecule has 0 unspecified atom stereocenters. The predicted octanol–water partition coefficient (Wildman–Crippen LogP) is 4.39. The standard InChI is InChI=1S/C19H29NO/c1-4-6-19(21)20-11-9-17(10-12-20)18-8-5-7-16(14-18)13-15(2)3/h5,7-8,14-15,17H,4,6,9-13H2,1-3H3. The number of likely N-dealkylation sites (tertiary alicyclic amines) is 1. The molecule has 1 aliphatic heterocycles. The van der Waals surface area contributed by atoms with E-state index in [4.69, 9.17) is 0 Å². The molecule has 0 atom stereocenters. The average molecular weight is 287 g/mol. The Morgan fingerprint density at radius 3 is 2.62 bits per heavy atom. The zero-order chi connectivity index (χ0) is 15.2. The molecule has 0 bridgehead atoms. The van der Waals surface area contributed by atoms with E-state index in [2.05, 4.69) is 49.9 Å². The highest BCUT2D eigenvalue weighted by Gasteiger charge is 2.23. The summed E-state index contributed by atoms with van der Waals surface area (Å²) >= 11 is 0. The molecule has 2 rings (SSSR count). The first-order valence-corrected chi connectivity index (χ1v) is 8.46. The van der Waals surface area contributed by atoms with Gasteiger partial charge in [0.2, 0.25) is 5.91 Å². The lowest BCUT2D eigenvalue weighted by molar-refractivity contribution is -0.132. The van der Waals surface area contributed by atoms with Gasteiger partial charge in [-0.25, -0.2) is 0 Å². The van der Waals surface area contributed by atoms with Gasteiger partial charge in [-0.2, -0.15) is 0 Å². The van der Waals surface area contributed by atoms with E-state index in [-0.39, 0.29) is 0 Å². The van der Waals surface area contributed by atoms with Gasteiger partial charge in [0, 0.05) is 19.5 Å². The topological polar surface area (TPSA) is 20.3 Å². The summed E-state index contributed by atoms with van der Waals surface area (Å²) in [5.74, 6) is 1.67. The lowest BCUT2D eigenvalue weighted by atomic mass is 9.87. The fourth-order valence-electron chi connectivity index (χ4n) is 3.28. The molecule has 1 fully saturated rings. The molecule has 1 aliphatic rings. The number of rotatable bonds is 5. The summed E-state index contributed by atoms with van der Waals surface area (Å²) in [6.45, 7) is 8.47. The van der Waals surface area contributed by atoms with Crippen LogP contribution in [0.25, 0.3) is 0 Å². The van der Waals surface area contributed by atoms with E-state index < -0.39 is 0 Å². The molecule has 0 N–H and O–H groups in total. The van der Waals surface area contributed by atoms with Gasteiger partial charge in [-0.3, -0.25) is 4.79 Å². The minimum Gasteiger partial charge on any atom is -0.343 e. The molecule has 0 saturated carbocycles. The molecular formula is C19H29NO. The summed E-state index contributed by atoms with van der Waals surface area (Å²) in [4.78, 5) is 14.0. The van der Waals surface area contributed by atoms with Crippen molar-refractivity contribution < 1.29 is 4.79 Å². The Morgan fingerprint density at radius 2 is 2.00 bits per heavy atom. The fraction of sp³-hybridized carbons (Fsp3) is 0.632. The minimum atomic E-state index is 0.338. The van der Waals surface area contributed by atoms with Crippen molar-refractivity contribution in [1.82, 2.24) is 4.90 Å². The summed E-state index contributed by atoms with van der Waals surface area (Å²) in [7, 11) is 0. The number of benzene rings is 1. The average Bonchev–Trinajstić information content (AvgIpc) is 2.47. The van der Waals surface area contributed by atoms with Crippen LogP contribution in [0.3, 0.4) is 0 Å². The number of nitrogens with zero attached hydrogens (tertiary/aromatic N) is 1. The van der Waals surface area contributed by atoms with Gasteiger partial charge in [0.05, 0.1) is 0 Å². The molecule has 116 valence electrons. The summed E-state index contributed by atoms with van der Waals surface area (Å²) in [5.41, 5.74) is 2.92. The number of carbonyl (C=O) groups excluding carboxylic acids is 1. The molecule has 1 heterocycles. The van der Waals surface area contributed by atoms with Gasteiger partial charge in [0.1, 0.15) is 0 Å². The Bertz CT molecular complexity index is 458. The van der Waals surface area contributed by atoms with Gasteiger partial charge < -0.3 is 4.90 Å². The highest BCUT2D eigenvalue weighted by molar-refractivity contribution is 5.76. The summed E-state index contributed by atoms with van der Waals surface area (Å²) in [6.07, 6.45) is 5.04. The second kappa shape index (κ2) is 7.63. The Balaban J connectivity index is 1.94. The molecule has 1 aromatic carbocycles. The fourth-order valence-corrected chi connectivity index (χ4v) is 3.28. The van der Waals surface area contributed by atoms with Crippen LogP contribution in [0.1, 0.15) is 63.5 Å². The Hall–Kier alpha value is -1.31. The molecule has 0 radical (unpaired) electrons. The van der Waals surface area contributed by atoms with Crippen LogP contribution in [0.15, 0.2) is 24.3 Å². The highest BCUT2D eigenvalue weighted by atomic mass is 16.2. The maximum atomic E-state index is 11.9. The number of hydrogen-bond acceptors (Lipinski definition) is 1. The Kier molecular flexibility index (Phi) is 5.84. The first kappa shape index (κ1) is 16.1. The summed E-state index contributed by atoms with van der Waals surface area (Å²) < 4.78 is 0. The largest absolute Gasteiger partial charge is 0.343 e. The first-order chi connectivity index (χ1) is 10.1. The minimum absolute atomic E-state index is 0.338. The van der Waals surface area contributed by atoms with E-state index in [0.29, 0.717) is 24.2 Å². The Labute approximate surface area is 129 Å². The van der Waals surface area contributed by atoms with E-state index in [1.54, 1.807) is 0 Å². The molecular weight excluding hydrogens is 258 g/mol. The van der Waals surface area contributed by atoms with E-state index in [1.807, 2.05) is 0 Å². The van der Waals surface area contributed by atoms with Gasteiger partial charge in [-0.05, 0) is 48.6 Å². The third-order valence-corrected chi connectivity index (χ3v) is 4.38. The van der Waals surface area contributed by atoms with Crippen molar-refractivity contribution in [2.45, 2.75) is 58.8 Å². The Morgan fingerprint density at radius 1 is 1.29 bits per heavy atom. The van der Waals surface area contributed by atoms with Crippen LogP contribution in [0.5, 0.6) is 0 Å². The molecule has 1 aromatic rings. The van der Waals surface area contributed by atoms with Crippen LogP contribution in [-0.2, 0) is 11.2 Å². The second-order valence-corrected chi connectivity index (χ2v) is 6.75. The van der Waals surface area contributed by atoms with Gasteiger partial charge in [-0.15, -0.1) is 0 Å². The third kappa shape index (κ3) is 4.59. The molecule has 0 aliphatic carbocycles. The number of piperidine rings is 1. The zero-order valence-electron chi connectivity index (χ0n) is 13.8. The predicted molar refractivity (Wildman–Crippen MR) is 88.4 cm³/mol. The van der Waals surface area contributed by atoms with Crippen molar-refractivity contribution >= 4 is 5.91 Å². The van der Waals surface area contributed by atoms with Crippen LogP contribution in [0.2, 0.25) is 0 Å². The smallest absolute Gasteiger partial charge is 0.222 e. The molecule has 1 saturated heterocycles. The molecule has 1 amide bonds. The van der Waals surface area contributed by atoms with Gasteiger partial charge >= 0.3 is 0 Å². The van der Waals surface area contributed by atoms with Crippen molar-refractivity contribution in [2.75, 3.05) is 13.1 Å². The second-order valence-electron chi connectivity index (χ2n) is 6.75. The van der Waals surface area contributed by atoms with Gasteiger partial charge in [0.15, 0.2) is 0 Å². The van der Waals surface area contributed by atoms with Crippen molar-refractivity contribution in [1.29, 1.82) is 0 Å². The number of amides is 1. The zero-order valence-corrected chi connectivity index (χ0v) is 13.8. The molecule has 2 heteroatoms. The number of carbonyl (C=O) groups is 1. The summed E-state index contributed by atoms with van der Waals surface area (Å²) in [5, 5.41) is 0. The van der Waals surface area contributed by atoms with E-state index >= 15 is 0 Å². The van der Waals surface area contributed by atoms with E-state index in [9.17, 15) is 4.79 Å². The van der Waals surface area contributed by atoms with Crippen molar-refractivity contribution in [3.05, 3.63) is 35.4 Å².